The third-order valence-corrected chi connectivity index (χ3v) is 3.78. The summed E-state index contributed by atoms with van der Waals surface area (Å²) >= 11 is 0. The second-order valence-electron chi connectivity index (χ2n) is 5.01. The highest BCUT2D eigenvalue weighted by atomic mass is 16.5. The van der Waals surface area contributed by atoms with Gasteiger partial charge in [-0.05, 0) is 30.7 Å². The van der Waals surface area contributed by atoms with Crippen LogP contribution in [0.2, 0.25) is 0 Å². The maximum atomic E-state index is 9.29. The standard InChI is InChI=1S/C14H22N2O2/c1-18-14-6-12(15)5-13(7-14)16-8-10-3-2-4-11(10)9-17/h5-7,10-11,16-17H,2-4,8-9,15H2,1H3. The molecule has 1 aliphatic rings. The van der Waals surface area contributed by atoms with Crippen molar-refractivity contribution in [2.75, 3.05) is 31.3 Å². The first-order valence-electron chi connectivity index (χ1n) is 6.52. The number of methoxy groups -OCH3 is 1. The first-order chi connectivity index (χ1) is 8.72. The highest BCUT2D eigenvalue weighted by Crippen LogP contribution is 2.32. The minimum Gasteiger partial charge on any atom is -0.497 e. The summed E-state index contributed by atoms with van der Waals surface area (Å²) in [7, 11) is 1.64. The van der Waals surface area contributed by atoms with E-state index in [1.807, 2.05) is 12.1 Å². The third kappa shape index (κ3) is 3.07. The molecule has 2 unspecified atom stereocenters. The fourth-order valence-electron chi connectivity index (χ4n) is 2.71. The molecule has 1 aromatic carbocycles. The lowest BCUT2D eigenvalue weighted by Crippen LogP contribution is -2.20. The van der Waals surface area contributed by atoms with E-state index in [0.29, 0.717) is 24.1 Å². The zero-order valence-electron chi connectivity index (χ0n) is 10.9. The highest BCUT2D eigenvalue weighted by Gasteiger charge is 2.26. The van der Waals surface area contributed by atoms with Gasteiger partial charge in [0, 0.05) is 36.7 Å². The zero-order chi connectivity index (χ0) is 13.0. The van der Waals surface area contributed by atoms with Crippen LogP contribution in [0.5, 0.6) is 5.75 Å². The van der Waals surface area contributed by atoms with Crippen molar-refractivity contribution in [3.63, 3.8) is 0 Å². The molecule has 100 valence electrons. The van der Waals surface area contributed by atoms with Gasteiger partial charge < -0.3 is 20.9 Å². The van der Waals surface area contributed by atoms with Crippen molar-refractivity contribution in [2.24, 2.45) is 11.8 Å². The molecular formula is C14H22N2O2. The Kier molecular flexibility index (Phi) is 4.31. The van der Waals surface area contributed by atoms with Gasteiger partial charge in [-0.3, -0.25) is 0 Å². The van der Waals surface area contributed by atoms with Gasteiger partial charge in [0.25, 0.3) is 0 Å². The van der Waals surface area contributed by atoms with Crippen LogP contribution in [0.1, 0.15) is 19.3 Å². The van der Waals surface area contributed by atoms with Gasteiger partial charge in [-0.25, -0.2) is 0 Å². The average molecular weight is 250 g/mol. The number of ether oxygens (including phenoxy) is 1. The molecule has 0 aromatic heterocycles. The molecule has 2 atom stereocenters. The van der Waals surface area contributed by atoms with E-state index in [2.05, 4.69) is 5.32 Å². The van der Waals surface area contributed by atoms with Crippen molar-refractivity contribution in [2.45, 2.75) is 19.3 Å². The summed E-state index contributed by atoms with van der Waals surface area (Å²) in [6, 6.07) is 5.65. The number of hydrogen-bond donors (Lipinski definition) is 3. The van der Waals surface area contributed by atoms with E-state index in [-0.39, 0.29) is 0 Å². The molecule has 0 amide bonds. The largest absolute Gasteiger partial charge is 0.497 e. The molecule has 1 aliphatic carbocycles. The summed E-state index contributed by atoms with van der Waals surface area (Å²) in [5.74, 6) is 1.77. The van der Waals surface area contributed by atoms with Crippen LogP contribution in [0, 0.1) is 11.8 Å². The fourth-order valence-corrected chi connectivity index (χ4v) is 2.71. The molecule has 0 bridgehead atoms. The summed E-state index contributed by atoms with van der Waals surface area (Å²) in [4.78, 5) is 0. The van der Waals surface area contributed by atoms with Crippen LogP contribution in [0.15, 0.2) is 18.2 Å². The molecule has 0 saturated heterocycles. The quantitative estimate of drug-likeness (QED) is 0.700. The Morgan fingerprint density at radius 2 is 2.11 bits per heavy atom. The molecule has 1 saturated carbocycles. The number of benzene rings is 1. The minimum atomic E-state index is 0.298. The second kappa shape index (κ2) is 5.96. The fraction of sp³-hybridized carbons (Fsp3) is 0.571. The summed E-state index contributed by atoms with van der Waals surface area (Å²) in [5, 5.41) is 12.7. The second-order valence-corrected chi connectivity index (χ2v) is 5.01. The summed E-state index contributed by atoms with van der Waals surface area (Å²) in [6.07, 6.45) is 3.55. The molecule has 0 aliphatic heterocycles. The number of nitrogens with one attached hydrogen (secondary N) is 1. The Balaban J connectivity index is 1.95. The Morgan fingerprint density at radius 1 is 1.33 bits per heavy atom. The predicted octanol–water partition coefficient (Wildman–Crippen LogP) is 2.10. The molecule has 4 nitrogen and oxygen atoms in total. The van der Waals surface area contributed by atoms with Crippen molar-refractivity contribution in [1.29, 1.82) is 0 Å². The Labute approximate surface area is 108 Å². The van der Waals surface area contributed by atoms with Crippen LogP contribution in [0.25, 0.3) is 0 Å². The van der Waals surface area contributed by atoms with Gasteiger partial charge in [0.05, 0.1) is 7.11 Å². The maximum Gasteiger partial charge on any atom is 0.122 e. The lowest BCUT2D eigenvalue weighted by molar-refractivity contribution is 0.199. The zero-order valence-corrected chi connectivity index (χ0v) is 10.9. The SMILES string of the molecule is COc1cc(N)cc(NCC2CCCC2CO)c1. The van der Waals surface area contributed by atoms with E-state index < -0.39 is 0 Å². The van der Waals surface area contributed by atoms with E-state index in [4.69, 9.17) is 10.5 Å². The lowest BCUT2D eigenvalue weighted by Gasteiger charge is -2.19. The molecular weight excluding hydrogens is 228 g/mol. The molecule has 1 aromatic rings. The van der Waals surface area contributed by atoms with Crippen LogP contribution in [0.3, 0.4) is 0 Å². The number of aliphatic hydroxyl groups excluding tert-OH is 1. The number of rotatable bonds is 5. The monoisotopic (exact) mass is 250 g/mol. The molecule has 2 rings (SSSR count). The van der Waals surface area contributed by atoms with Gasteiger partial charge in [0.15, 0.2) is 0 Å². The maximum absolute atomic E-state index is 9.29. The van der Waals surface area contributed by atoms with Crippen LogP contribution in [0.4, 0.5) is 11.4 Å². The molecule has 1 fully saturated rings. The van der Waals surface area contributed by atoms with Crippen LogP contribution < -0.4 is 15.8 Å². The van der Waals surface area contributed by atoms with Crippen LogP contribution in [-0.2, 0) is 0 Å². The van der Waals surface area contributed by atoms with E-state index in [1.54, 1.807) is 13.2 Å². The third-order valence-electron chi connectivity index (χ3n) is 3.78. The van der Waals surface area contributed by atoms with Crippen LogP contribution in [-0.4, -0.2) is 25.4 Å². The number of nitrogens with two attached hydrogens (primary N) is 1. The number of hydrogen-bond acceptors (Lipinski definition) is 4. The highest BCUT2D eigenvalue weighted by molar-refractivity contribution is 5.59. The Bertz CT molecular complexity index is 395. The molecule has 0 radical (unpaired) electrons. The number of nitrogen functional groups attached to an aromatic ring is 1. The minimum absolute atomic E-state index is 0.298. The normalized spacial score (nSPS) is 23.0. The lowest BCUT2D eigenvalue weighted by atomic mass is 9.97. The van der Waals surface area contributed by atoms with Crippen LogP contribution >= 0.6 is 0 Å². The molecule has 18 heavy (non-hydrogen) atoms. The van der Waals surface area contributed by atoms with Crippen molar-refractivity contribution in [3.8, 4) is 5.75 Å². The van der Waals surface area contributed by atoms with Gasteiger partial charge in [-0.1, -0.05) is 6.42 Å². The van der Waals surface area contributed by atoms with Crippen molar-refractivity contribution < 1.29 is 9.84 Å². The summed E-state index contributed by atoms with van der Waals surface area (Å²) in [5.41, 5.74) is 7.49. The first-order valence-corrected chi connectivity index (χ1v) is 6.52. The number of aliphatic hydroxyl groups is 1. The van der Waals surface area contributed by atoms with E-state index in [0.717, 1.165) is 24.4 Å². The first kappa shape index (κ1) is 13.0. The molecule has 0 spiro atoms. The van der Waals surface area contributed by atoms with E-state index >= 15 is 0 Å². The average Bonchev–Trinajstić information content (AvgIpc) is 2.83. The van der Waals surface area contributed by atoms with Crippen molar-refractivity contribution in [3.05, 3.63) is 18.2 Å². The van der Waals surface area contributed by atoms with Gasteiger partial charge in [0.2, 0.25) is 0 Å². The smallest absolute Gasteiger partial charge is 0.122 e. The van der Waals surface area contributed by atoms with Gasteiger partial charge in [0.1, 0.15) is 5.75 Å². The molecule has 0 heterocycles. The topological polar surface area (TPSA) is 67.5 Å². The molecule has 4 N–H and O–H groups in total. The van der Waals surface area contributed by atoms with E-state index in [1.165, 1.54) is 12.8 Å². The Morgan fingerprint density at radius 3 is 2.83 bits per heavy atom. The van der Waals surface area contributed by atoms with Crippen molar-refractivity contribution >= 4 is 11.4 Å². The molecule has 4 heteroatoms. The Hall–Kier alpha value is -1.42. The summed E-state index contributed by atoms with van der Waals surface area (Å²) in [6.45, 7) is 1.18. The van der Waals surface area contributed by atoms with Crippen molar-refractivity contribution in [1.82, 2.24) is 0 Å². The number of anilines is 2. The van der Waals surface area contributed by atoms with E-state index in [9.17, 15) is 5.11 Å². The van der Waals surface area contributed by atoms with Gasteiger partial charge in [-0.15, -0.1) is 0 Å². The van der Waals surface area contributed by atoms with Gasteiger partial charge in [-0.2, -0.15) is 0 Å². The summed E-state index contributed by atoms with van der Waals surface area (Å²) < 4.78 is 5.19. The van der Waals surface area contributed by atoms with Gasteiger partial charge >= 0.3 is 0 Å². The predicted molar refractivity (Wildman–Crippen MR) is 73.8 cm³/mol.